The highest BCUT2D eigenvalue weighted by Crippen LogP contribution is 2.32. The molecule has 5 nitrogen and oxygen atoms in total. The molecule has 2 heterocycles. The normalized spacial score (nSPS) is 17.5. The third kappa shape index (κ3) is 3.23. The predicted molar refractivity (Wildman–Crippen MR) is 89.0 cm³/mol. The molecule has 1 amide bonds. The third-order valence-corrected chi connectivity index (χ3v) is 4.85. The number of carbonyl (C=O) groups is 1. The number of hydrogen-bond acceptors (Lipinski definition) is 4. The maximum Gasteiger partial charge on any atom is 0.223 e. The Morgan fingerprint density at radius 3 is 3.14 bits per heavy atom. The number of nitrogens with zero attached hydrogens (tertiary/aromatic N) is 2. The van der Waals surface area contributed by atoms with Gasteiger partial charge >= 0.3 is 0 Å². The molecule has 2 aromatic rings. The van der Waals surface area contributed by atoms with Crippen LogP contribution in [-0.4, -0.2) is 48.2 Å². The van der Waals surface area contributed by atoms with E-state index >= 15 is 0 Å². The molecule has 1 unspecified atom stereocenters. The molecule has 22 heavy (non-hydrogen) atoms. The summed E-state index contributed by atoms with van der Waals surface area (Å²) in [5, 5.41) is 14.8. The van der Waals surface area contributed by atoms with Crippen LogP contribution >= 0.6 is 11.3 Å². The van der Waals surface area contributed by atoms with E-state index in [1.54, 1.807) is 11.3 Å². The minimum Gasteiger partial charge on any atom is -0.355 e. The number of hydrogen-bond donors (Lipinski definition) is 2. The summed E-state index contributed by atoms with van der Waals surface area (Å²) in [4.78, 5) is 14.4. The van der Waals surface area contributed by atoms with Gasteiger partial charge in [0.1, 0.15) is 0 Å². The van der Waals surface area contributed by atoms with E-state index in [1.807, 2.05) is 14.1 Å². The van der Waals surface area contributed by atoms with Crippen molar-refractivity contribution in [2.45, 2.75) is 19.3 Å². The average molecular weight is 318 g/mol. The van der Waals surface area contributed by atoms with Gasteiger partial charge in [0.05, 0.1) is 5.69 Å². The van der Waals surface area contributed by atoms with E-state index in [1.165, 1.54) is 11.3 Å². The first kappa shape index (κ1) is 15.2. The van der Waals surface area contributed by atoms with Crippen LogP contribution in [0.15, 0.2) is 16.8 Å². The standard InChI is InChI=1S/C16H22N4OS/c1-20(2)7-6-17-16(21)11-3-4-14-13(9-11)15(19-18-14)12-5-8-22-10-12/h5,8,10-11H,3-4,6-7,9H2,1-2H3,(H,17,21)(H,18,19). The van der Waals surface area contributed by atoms with Crippen LogP contribution in [0.2, 0.25) is 0 Å². The highest BCUT2D eigenvalue weighted by atomic mass is 32.1. The molecule has 1 aliphatic carbocycles. The SMILES string of the molecule is CN(C)CCNC(=O)C1CCc2[nH]nc(-c3ccsc3)c2C1. The van der Waals surface area contributed by atoms with Gasteiger partial charge in [-0.25, -0.2) is 0 Å². The number of H-pyrrole nitrogens is 1. The molecule has 3 rings (SSSR count). The first-order chi connectivity index (χ1) is 10.6. The number of amides is 1. The minimum absolute atomic E-state index is 0.0599. The lowest BCUT2D eigenvalue weighted by atomic mass is 9.85. The molecule has 0 bridgehead atoms. The molecule has 0 fully saturated rings. The molecule has 2 aromatic heterocycles. The summed E-state index contributed by atoms with van der Waals surface area (Å²) in [6.45, 7) is 1.58. The van der Waals surface area contributed by atoms with Crippen LogP contribution in [0.3, 0.4) is 0 Å². The Morgan fingerprint density at radius 2 is 2.41 bits per heavy atom. The van der Waals surface area contributed by atoms with Gasteiger partial charge in [-0.15, -0.1) is 0 Å². The zero-order chi connectivity index (χ0) is 15.5. The molecule has 2 N–H and O–H groups in total. The highest BCUT2D eigenvalue weighted by Gasteiger charge is 2.28. The smallest absolute Gasteiger partial charge is 0.223 e. The molecular weight excluding hydrogens is 296 g/mol. The highest BCUT2D eigenvalue weighted by molar-refractivity contribution is 7.08. The summed E-state index contributed by atoms with van der Waals surface area (Å²) in [5.41, 5.74) is 4.58. The fraction of sp³-hybridized carbons (Fsp3) is 0.500. The lowest BCUT2D eigenvalue weighted by molar-refractivity contribution is -0.125. The zero-order valence-electron chi connectivity index (χ0n) is 13.1. The van der Waals surface area contributed by atoms with Crippen molar-refractivity contribution in [1.29, 1.82) is 0 Å². The topological polar surface area (TPSA) is 61.0 Å². The number of aryl methyl sites for hydroxylation is 1. The molecule has 0 aliphatic heterocycles. The Balaban J connectivity index is 1.68. The Kier molecular flexibility index (Phi) is 4.59. The number of fused-ring (bicyclic) bond motifs is 1. The van der Waals surface area contributed by atoms with Crippen LogP contribution in [0.4, 0.5) is 0 Å². The van der Waals surface area contributed by atoms with Gasteiger partial charge in [-0.3, -0.25) is 9.89 Å². The van der Waals surface area contributed by atoms with E-state index in [2.05, 4.69) is 37.2 Å². The first-order valence-electron chi connectivity index (χ1n) is 7.66. The van der Waals surface area contributed by atoms with Gasteiger partial charge in [0.2, 0.25) is 5.91 Å². The van der Waals surface area contributed by atoms with E-state index in [0.29, 0.717) is 6.54 Å². The molecule has 1 aliphatic rings. The fourth-order valence-electron chi connectivity index (χ4n) is 2.90. The molecule has 0 saturated carbocycles. The van der Waals surface area contributed by atoms with Gasteiger partial charge in [-0.05, 0) is 44.8 Å². The summed E-state index contributed by atoms with van der Waals surface area (Å²) < 4.78 is 0. The van der Waals surface area contributed by atoms with Crippen LogP contribution in [0.5, 0.6) is 0 Å². The number of aromatic amines is 1. The van der Waals surface area contributed by atoms with Crippen molar-refractivity contribution in [3.63, 3.8) is 0 Å². The maximum atomic E-state index is 12.4. The van der Waals surface area contributed by atoms with E-state index in [0.717, 1.165) is 37.1 Å². The van der Waals surface area contributed by atoms with Crippen molar-refractivity contribution >= 4 is 17.2 Å². The van der Waals surface area contributed by atoms with Gasteiger partial charge < -0.3 is 10.2 Å². The van der Waals surface area contributed by atoms with Crippen molar-refractivity contribution in [3.05, 3.63) is 28.1 Å². The largest absolute Gasteiger partial charge is 0.355 e. The van der Waals surface area contributed by atoms with Crippen molar-refractivity contribution in [1.82, 2.24) is 20.4 Å². The molecule has 0 saturated heterocycles. The molecule has 0 spiro atoms. The van der Waals surface area contributed by atoms with Crippen LogP contribution in [0, 0.1) is 5.92 Å². The Bertz CT molecular complexity index is 633. The summed E-state index contributed by atoms with van der Waals surface area (Å²) in [5.74, 6) is 0.231. The van der Waals surface area contributed by atoms with Crippen LogP contribution in [-0.2, 0) is 17.6 Å². The number of thiophene rings is 1. The van der Waals surface area contributed by atoms with Crippen LogP contribution in [0.25, 0.3) is 11.3 Å². The second-order valence-corrected chi connectivity index (χ2v) is 6.86. The van der Waals surface area contributed by atoms with Crippen LogP contribution in [0.1, 0.15) is 17.7 Å². The van der Waals surface area contributed by atoms with E-state index < -0.39 is 0 Å². The zero-order valence-corrected chi connectivity index (χ0v) is 13.9. The molecular formula is C16H22N4OS. The Labute approximate surface area is 134 Å². The molecule has 6 heteroatoms. The number of aromatic nitrogens is 2. The predicted octanol–water partition coefficient (Wildman–Crippen LogP) is 1.92. The summed E-state index contributed by atoms with van der Waals surface area (Å²) in [6.07, 6.45) is 2.58. The minimum atomic E-state index is 0.0599. The molecule has 0 radical (unpaired) electrons. The van der Waals surface area contributed by atoms with Gasteiger partial charge in [-0.1, -0.05) is 0 Å². The Morgan fingerprint density at radius 1 is 1.55 bits per heavy atom. The summed E-state index contributed by atoms with van der Waals surface area (Å²) in [7, 11) is 4.02. The molecule has 118 valence electrons. The fourth-order valence-corrected chi connectivity index (χ4v) is 3.54. The maximum absolute atomic E-state index is 12.4. The second kappa shape index (κ2) is 6.62. The van der Waals surface area contributed by atoms with Gasteiger partial charge in [0, 0.05) is 41.2 Å². The van der Waals surface area contributed by atoms with Gasteiger partial charge in [0.15, 0.2) is 0 Å². The van der Waals surface area contributed by atoms with Crippen molar-refractivity contribution < 1.29 is 4.79 Å². The van der Waals surface area contributed by atoms with Crippen LogP contribution < -0.4 is 5.32 Å². The van der Waals surface area contributed by atoms with E-state index in [-0.39, 0.29) is 11.8 Å². The number of likely N-dealkylation sites (N-methyl/N-ethyl adjacent to an activating group) is 1. The van der Waals surface area contributed by atoms with Gasteiger partial charge in [-0.2, -0.15) is 16.4 Å². The average Bonchev–Trinajstić information content (AvgIpc) is 3.14. The summed E-state index contributed by atoms with van der Waals surface area (Å²) >= 11 is 1.67. The monoisotopic (exact) mass is 318 g/mol. The van der Waals surface area contributed by atoms with E-state index in [9.17, 15) is 4.79 Å². The molecule has 1 atom stereocenters. The van der Waals surface area contributed by atoms with Crippen molar-refractivity contribution in [2.24, 2.45) is 5.92 Å². The second-order valence-electron chi connectivity index (χ2n) is 6.08. The van der Waals surface area contributed by atoms with Crippen molar-refractivity contribution in [2.75, 3.05) is 27.2 Å². The molecule has 0 aromatic carbocycles. The third-order valence-electron chi connectivity index (χ3n) is 4.17. The number of rotatable bonds is 5. The Hall–Kier alpha value is -1.66. The first-order valence-corrected chi connectivity index (χ1v) is 8.60. The number of nitrogens with one attached hydrogen (secondary N) is 2. The number of carbonyl (C=O) groups excluding carboxylic acids is 1. The van der Waals surface area contributed by atoms with E-state index in [4.69, 9.17) is 0 Å². The summed E-state index contributed by atoms with van der Waals surface area (Å²) in [6, 6.07) is 2.09. The lowest BCUT2D eigenvalue weighted by Crippen LogP contribution is -2.37. The van der Waals surface area contributed by atoms with Crippen molar-refractivity contribution in [3.8, 4) is 11.3 Å². The lowest BCUT2D eigenvalue weighted by Gasteiger charge is -2.22. The quantitative estimate of drug-likeness (QED) is 0.885. The van der Waals surface area contributed by atoms with Gasteiger partial charge in [0.25, 0.3) is 0 Å².